The second-order valence-electron chi connectivity index (χ2n) is 6.56. The topological polar surface area (TPSA) is 81.9 Å². The fourth-order valence-electron chi connectivity index (χ4n) is 3.13. The summed E-state index contributed by atoms with van der Waals surface area (Å²) < 4.78 is 6.87. The number of thioether (sulfide) groups is 1. The van der Waals surface area contributed by atoms with Crippen LogP contribution in [0.15, 0.2) is 29.4 Å². The van der Waals surface area contributed by atoms with Gasteiger partial charge in [0.15, 0.2) is 0 Å². The van der Waals surface area contributed by atoms with Crippen LogP contribution >= 0.6 is 11.8 Å². The molecular weight excluding hydrogens is 350 g/mol. The first-order valence-corrected chi connectivity index (χ1v) is 10.0. The van der Waals surface area contributed by atoms with Crippen LogP contribution in [0.2, 0.25) is 0 Å². The number of nitrogens with zero attached hydrogens (tertiary/aromatic N) is 4. The van der Waals surface area contributed by atoms with Crippen molar-refractivity contribution in [2.75, 3.05) is 19.4 Å². The Morgan fingerprint density at radius 2 is 2.04 bits per heavy atom. The minimum atomic E-state index is 0.0413. The molecule has 1 saturated carbocycles. The Bertz CT molecular complexity index is 698. The molecule has 3 rings (SSSR count). The van der Waals surface area contributed by atoms with Crippen LogP contribution in [0.4, 0.5) is 0 Å². The van der Waals surface area contributed by atoms with Gasteiger partial charge in [-0.1, -0.05) is 43.2 Å². The van der Waals surface area contributed by atoms with Gasteiger partial charge in [0, 0.05) is 6.54 Å². The predicted octanol–water partition coefficient (Wildman–Crippen LogP) is 2.52. The number of benzene rings is 1. The van der Waals surface area contributed by atoms with E-state index in [-0.39, 0.29) is 5.91 Å². The summed E-state index contributed by atoms with van der Waals surface area (Å²) in [4.78, 5) is 12.1. The first-order valence-electron chi connectivity index (χ1n) is 9.03. The van der Waals surface area contributed by atoms with Gasteiger partial charge in [-0.25, -0.2) is 4.68 Å². The first kappa shape index (κ1) is 18.7. The van der Waals surface area contributed by atoms with E-state index < -0.39 is 0 Å². The normalized spacial score (nSPS) is 15.0. The van der Waals surface area contributed by atoms with Gasteiger partial charge >= 0.3 is 0 Å². The average Bonchev–Trinajstić information content (AvgIpc) is 3.13. The molecule has 1 aromatic heterocycles. The number of nitrogens with one attached hydrogen (secondary N) is 1. The number of rotatable bonds is 8. The molecule has 0 spiro atoms. The predicted molar refractivity (Wildman–Crippen MR) is 100 cm³/mol. The van der Waals surface area contributed by atoms with Gasteiger partial charge in [0.1, 0.15) is 5.75 Å². The van der Waals surface area contributed by atoms with Crippen LogP contribution in [0.3, 0.4) is 0 Å². The second-order valence-corrected chi connectivity index (χ2v) is 7.51. The largest absolute Gasteiger partial charge is 0.497 e. The van der Waals surface area contributed by atoms with Crippen molar-refractivity contribution in [3.05, 3.63) is 29.8 Å². The molecule has 0 bridgehead atoms. The van der Waals surface area contributed by atoms with Gasteiger partial charge in [0.2, 0.25) is 11.1 Å². The molecule has 140 valence electrons. The number of carbonyl (C=O) groups is 1. The van der Waals surface area contributed by atoms with Gasteiger partial charge in [-0.15, -0.1) is 5.10 Å². The summed E-state index contributed by atoms with van der Waals surface area (Å²) in [5.41, 5.74) is 1.07. The summed E-state index contributed by atoms with van der Waals surface area (Å²) in [6.07, 6.45) is 6.36. The lowest BCUT2D eigenvalue weighted by molar-refractivity contribution is -0.118. The molecule has 26 heavy (non-hydrogen) atoms. The van der Waals surface area contributed by atoms with E-state index in [1.807, 2.05) is 24.3 Å². The molecule has 1 N–H and O–H groups in total. The van der Waals surface area contributed by atoms with E-state index in [0.29, 0.717) is 23.4 Å². The van der Waals surface area contributed by atoms with Gasteiger partial charge in [0.25, 0.3) is 0 Å². The fourth-order valence-corrected chi connectivity index (χ4v) is 3.84. The maximum absolute atomic E-state index is 12.1. The highest BCUT2D eigenvalue weighted by Gasteiger charge is 2.15. The van der Waals surface area contributed by atoms with Crippen molar-refractivity contribution < 1.29 is 9.53 Å². The molecule has 2 aromatic rings. The molecule has 7 nitrogen and oxygen atoms in total. The molecule has 1 heterocycles. The number of hydrogen-bond acceptors (Lipinski definition) is 6. The van der Waals surface area contributed by atoms with Crippen molar-refractivity contribution in [3.63, 3.8) is 0 Å². The van der Waals surface area contributed by atoms with Crippen LogP contribution in [0.25, 0.3) is 0 Å². The molecule has 0 saturated heterocycles. The quantitative estimate of drug-likeness (QED) is 0.714. The van der Waals surface area contributed by atoms with Crippen molar-refractivity contribution in [3.8, 4) is 5.75 Å². The van der Waals surface area contributed by atoms with Gasteiger partial charge < -0.3 is 10.1 Å². The van der Waals surface area contributed by atoms with Crippen molar-refractivity contribution in [2.45, 2.75) is 43.8 Å². The molecule has 0 atom stereocenters. The fraction of sp³-hybridized carbons (Fsp3) is 0.556. The van der Waals surface area contributed by atoms with Crippen LogP contribution in [0.5, 0.6) is 5.75 Å². The van der Waals surface area contributed by atoms with Crippen LogP contribution in [0.1, 0.15) is 37.7 Å². The highest BCUT2D eigenvalue weighted by atomic mass is 32.2. The lowest BCUT2D eigenvalue weighted by Gasteiger charge is -2.21. The Morgan fingerprint density at radius 3 is 2.77 bits per heavy atom. The van der Waals surface area contributed by atoms with Gasteiger partial charge in [-0.3, -0.25) is 4.79 Å². The Hall–Kier alpha value is -2.09. The third-order valence-electron chi connectivity index (χ3n) is 4.64. The van der Waals surface area contributed by atoms with Crippen LogP contribution in [-0.4, -0.2) is 45.5 Å². The third-order valence-corrected chi connectivity index (χ3v) is 5.59. The Balaban J connectivity index is 1.46. The third kappa shape index (κ3) is 5.45. The number of ether oxygens (including phenoxy) is 1. The number of hydrogen-bond donors (Lipinski definition) is 1. The molecule has 1 aromatic carbocycles. The van der Waals surface area contributed by atoms with Crippen molar-refractivity contribution in [1.29, 1.82) is 0 Å². The monoisotopic (exact) mass is 375 g/mol. The maximum Gasteiger partial charge on any atom is 0.230 e. The van der Waals surface area contributed by atoms with Crippen LogP contribution < -0.4 is 10.1 Å². The van der Waals surface area contributed by atoms with Crippen molar-refractivity contribution >= 4 is 17.7 Å². The zero-order valence-corrected chi connectivity index (χ0v) is 15.9. The SMILES string of the molecule is COc1ccc(Cn2nnnc2SCC(=O)NCC2CCCCC2)cc1. The van der Waals surface area contributed by atoms with E-state index in [0.717, 1.165) is 17.9 Å². The van der Waals surface area contributed by atoms with Crippen LogP contribution in [-0.2, 0) is 11.3 Å². The standard InChI is InChI=1S/C18H25N5O2S/c1-25-16-9-7-15(8-10-16)12-23-18(20-21-22-23)26-13-17(24)19-11-14-5-3-2-4-6-14/h7-10,14H,2-6,11-13H2,1H3,(H,19,24). The summed E-state index contributed by atoms with van der Waals surface area (Å²) in [5, 5.41) is 15.5. The molecule has 0 radical (unpaired) electrons. The van der Waals surface area contributed by atoms with E-state index in [9.17, 15) is 4.79 Å². The number of amides is 1. The number of tetrazole rings is 1. The molecule has 1 aliphatic rings. The average molecular weight is 375 g/mol. The highest BCUT2D eigenvalue weighted by Crippen LogP contribution is 2.23. The molecule has 1 fully saturated rings. The summed E-state index contributed by atoms with van der Waals surface area (Å²) in [7, 11) is 1.64. The Labute approximate surface area is 157 Å². The van der Waals surface area contributed by atoms with Gasteiger partial charge in [-0.2, -0.15) is 0 Å². The molecule has 1 aliphatic carbocycles. The minimum Gasteiger partial charge on any atom is -0.497 e. The van der Waals surface area contributed by atoms with Gasteiger partial charge in [0.05, 0.1) is 19.4 Å². The smallest absolute Gasteiger partial charge is 0.230 e. The summed E-state index contributed by atoms with van der Waals surface area (Å²) in [5.74, 6) is 1.82. The number of methoxy groups -OCH3 is 1. The van der Waals surface area contributed by atoms with E-state index in [1.54, 1.807) is 11.8 Å². The maximum atomic E-state index is 12.1. The Morgan fingerprint density at radius 1 is 1.27 bits per heavy atom. The van der Waals surface area contributed by atoms with E-state index in [4.69, 9.17) is 4.74 Å². The highest BCUT2D eigenvalue weighted by molar-refractivity contribution is 7.99. The van der Waals surface area contributed by atoms with Crippen molar-refractivity contribution in [2.24, 2.45) is 5.92 Å². The summed E-state index contributed by atoms with van der Waals surface area (Å²) in [6, 6.07) is 7.77. The van der Waals surface area contributed by atoms with E-state index in [2.05, 4.69) is 20.8 Å². The first-order chi connectivity index (χ1) is 12.7. The number of carbonyl (C=O) groups excluding carboxylic acids is 1. The van der Waals surface area contributed by atoms with Crippen molar-refractivity contribution in [1.82, 2.24) is 25.5 Å². The second kappa shape index (κ2) is 9.56. The van der Waals surface area contributed by atoms with E-state index >= 15 is 0 Å². The Kier molecular flexibility index (Phi) is 6.88. The lowest BCUT2D eigenvalue weighted by atomic mass is 9.89. The van der Waals surface area contributed by atoms with Crippen LogP contribution in [0, 0.1) is 5.92 Å². The lowest BCUT2D eigenvalue weighted by Crippen LogP contribution is -2.31. The molecule has 8 heteroatoms. The molecule has 0 aliphatic heterocycles. The minimum absolute atomic E-state index is 0.0413. The molecule has 1 amide bonds. The number of aromatic nitrogens is 4. The zero-order chi connectivity index (χ0) is 18.2. The molecular formula is C18H25N5O2S. The summed E-state index contributed by atoms with van der Waals surface area (Å²) in [6.45, 7) is 1.35. The van der Waals surface area contributed by atoms with Gasteiger partial charge in [-0.05, 0) is 46.9 Å². The molecule has 0 unspecified atom stereocenters. The summed E-state index contributed by atoms with van der Waals surface area (Å²) >= 11 is 1.37. The zero-order valence-electron chi connectivity index (χ0n) is 15.1. The van der Waals surface area contributed by atoms with E-state index in [1.165, 1.54) is 43.9 Å².